The molecule has 1 aromatic heterocycles. The number of alkyl carbamates (subject to hydrolysis) is 1. The van der Waals surface area contributed by atoms with Crippen molar-refractivity contribution in [3.8, 4) is 5.88 Å². The van der Waals surface area contributed by atoms with E-state index < -0.39 is 18.0 Å². The zero-order valence-electron chi connectivity index (χ0n) is 14.9. The summed E-state index contributed by atoms with van der Waals surface area (Å²) < 4.78 is 48.3. The molecule has 2 aliphatic heterocycles. The lowest BCUT2D eigenvalue weighted by molar-refractivity contribution is -0.160. The van der Waals surface area contributed by atoms with Crippen LogP contribution in [0.15, 0.2) is 12.4 Å². The van der Waals surface area contributed by atoms with Gasteiger partial charge in [0.05, 0.1) is 18.4 Å². The van der Waals surface area contributed by atoms with E-state index in [-0.39, 0.29) is 36.0 Å². The van der Waals surface area contributed by atoms with Gasteiger partial charge in [-0.1, -0.05) is 0 Å². The molecule has 1 unspecified atom stereocenters. The number of nitrogens with one attached hydrogen (secondary N) is 1. The number of hydrogen-bond acceptors (Lipinski definition) is 6. The van der Waals surface area contributed by atoms with Gasteiger partial charge in [0.1, 0.15) is 12.7 Å². The first-order chi connectivity index (χ1) is 13.2. The Hall–Kier alpha value is -2.59. The van der Waals surface area contributed by atoms with Gasteiger partial charge < -0.3 is 19.7 Å². The van der Waals surface area contributed by atoms with Crippen molar-refractivity contribution >= 4 is 12.0 Å². The van der Waals surface area contributed by atoms with Crippen LogP contribution in [0.2, 0.25) is 0 Å². The van der Waals surface area contributed by atoms with Crippen molar-refractivity contribution in [1.82, 2.24) is 20.2 Å². The predicted molar refractivity (Wildman–Crippen MR) is 87.2 cm³/mol. The molecule has 152 valence electrons. The number of ether oxygens (including phenoxy) is 2. The van der Waals surface area contributed by atoms with Gasteiger partial charge in [-0.25, -0.2) is 9.78 Å². The smallest absolute Gasteiger partial charge is 0.435 e. The topological polar surface area (TPSA) is 93.7 Å². The molecule has 3 heterocycles. The van der Waals surface area contributed by atoms with Crippen LogP contribution in [0, 0.1) is 5.41 Å². The Morgan fingerprint density at radius 3 is 2.75 bits per heavy atom. The first kappa shape index (κ1) is 18.8. The highest BCUT2D eigenvalue weighted by Gasteiger charge is 2.54. The molecule has 1 saturated carbocycles. The lowest BCUT2D eigenvalue weighted by Crippen LogP contribution is -2.65. The third kappa shape index (κ3) is 3.83. The molecule has 28 heavy (non-hydrogen) atoms. The molecule has 1 N–H and O–H groups in total. The standard InChI is InChI=1S/C17H19F3N4O4/c18-17(19,20)12-5-21-6-13(23-12)28-11-3-16(4-11)8-24(9-16)14(25)2-1-10-7-27-15(26)22-10/h5-6,10-11H,1-4,7-9H2,(H,22,26). The van der Waals surface area contributed by atoms with E-state index in [1.807, 2.05) is 0 Å². The second-order valence-electron chi connectivity index (χ2n) is 7.62. The number of likely N-dealkylation sites (tertiary alicyclic amines) is 1. The van der Waals surface area contributed by atoms with Gasteiger partial charge in [-0.3, -0.25) is 9.78 Å². The quantitative estimate of drug-likeness (QED) is 0.810. The van der Waals surface area contributed by atoms with Gasteiger partial charge >= 0.3 is 12.3 Å². The molecule has 8 nitrogen and oxygen atoms in total. The first-order valence-electron chi connectivity index (χ1n) is 8.99. The van der Waals surface area contributed by atoms with Crippen molar-refractivity contribution in [2.45, 2.75) is 44.0 Å². The van der Waals surface area contributed by atoms with E-state index in [1.54, 1.807) is 4.90 Å². The Labute approximate surface area is 158 Å². The molecule has 0 radical (unpaired) electrons. The average molecular weight is 400 g/mol. The monoisotopic (exact) mass is 400 g/mol. The minimum absolute atomic E-state index is 0.0138. The van der Waals surface area contributed by atoms with Crippen LogP contribution in [0.4, 0.5) is 18.0 Å². The van der Waals surface area contributed by atoms with Gasteiger partial charge in [-0.05, 0) is 19.3 Å². The fourth-order valence-electron chi connectivity index (χ4n) is 3.94. The van der Waals surface area contributed by atoms with Gasteiger partial charge in [0.15, 0.2) is 5.69 Å². The fraction of sp³-hybridized carbons (Fsp3) is 0.647. The van der Waals surface area contributed by atoms with E-state index in [1.165, 1.54) is 6.20 Å². The summed E-state index contributed by atoms with van der Waals surface area (Å²) in [6, 6.07) is -0.123. The minimum Gasteiger partial charge on any atom is -0.473 e. The molecule has 3 aliphatic rings. The number of nitrogens with zero attached hydrogens (tertiary/aromatic N) is 3. The lowest BCUT2D eigenvalue weighted by Gasteiger charge is -2.58. The highest BCUT2D eigenvalue weighted by atomic mass is 19.4. The summed E-state index contributed by atoms with van der Waals surface area (Å²) in [6.07, 6.45) is -1.20. The van der Waals surface area contributed by atoms with E-state index in [0.29, 0.717) is 45.0 Å². The normalized spacial score (nSPS) is 23.6. The van der Waals surface area contributed by atoms with Crippen LogP contribution in [0.25, 0.3) is 0 Å². The van der Waals surface area contributed by atoms with Crippen molar-refractivity contribution in [3.63, 3.8) is 0 Å². The lowest BCUT2D eigenvalue weighted by atomic mass is 9.61. The van der Waals surface area contributed by atoms with Crippen LogP contribution < -0.4 is 10.1 Å². The first-order valence-corrected chi connectivity index (χ1v) is 8.99. The highest BCUT2D eigenvalue weighted by Crippen LogP contribution is 2.49. The number of carbonyl (C=O) groups is 2. The highest BCUT2D eigenvalue weighted by molar-refractivity contribution is 5.77. The molecule has 1 spiro atoms. The second kappa shape index (κ2) is 6.78. The predicted octanol–water partition coefficient (Wildman–Crippen LogP) is 1.75. The Morgan fingerprint density at radius 2 is 2.11 bits per heavy atom. The summed E-state index contributed by atoms with van der Waals surface area (Å²) in [5.41, 5.74) is -1.09. The minimum atomic E-state index is -4.56. The zero-order chi connectivity index (χ0) is 19.9. The van der Waals surface area contributed by atoms with Gasteiger partial charge in [0.2, 0.25) is 11.8 Å². The second-order valence-corrected chi connectivity index (χ2v) is 7.62. The molecular formula is C17H19F3N4O4. The summed E-state index contributed by atoms with van der Waals surface area (Å²) >= 11 is 0. The molecule has 11 heteroatoms. The maximum absolute atomic E-state index is 12.7. The Kier molecular flexibility index (Phi) is 4.54. The number of cyclic esters (lactones) is 1. The van der Waals surface area contributed by atoms with E-state index in [2.05, 4.69) is 15.3 Å². The molecule has 4 rings (SSSR count). The number of rotatable bonds is 5. The van der Waals surface area contributed by atoms with Gasteiger partial charge in [0, 0.05) is 24.9 Å². The van der Waals surface area contributed by atoms with Crippen molar-refractivity contribution < 1.29 is 32.2 Å². The van der Waals surface area contributed by atoms with E-state index in [0.717, 1.165) is 0 Å². The fourth-order valence-corrected chi connectivity index (χ4v) is 3.94. The summed E-state index contributed by atoms with van der Waals surface area (Å²) in [7, 11) is 0. The van der Waals surface area contributed by atoms with E-state index >= 15 is 0 Å². The van der Waals surface area contributed by atoms with Gasteiger partial charge in [-0.15, -0.1) is 0 Å². The maximum atomic E-state index is 12.7. The molecular weight excluding hydrogens is 381 g/mol. The van der Waals surface area contributed by atoms with E-state index in [4.69, 9.17) is 9.47 Å². The Bertz CT molecular complexity index is 774. The number of carbonyl (C=O) groups excluding carboxylic acids is 2. The molecule has 1 aliphatic carbocycles. The summed E-state index contributed by atoms with van der Waals surface area (Å²) in [6.45, 7) is 1.52. The molecule has 2 saturated heterocycles. The summed E-state index contributed by atoms with van der Waals surface area (Å²) in [4.78, 5) is 31.9. The van der Waals surface area contributed by atoms with Crippen molar-refractivity contribution in [1.29, 1.82) is 0 Å². The number of halogens is 3. The Morgan fingerprint density at radius 1 is 1.36 bits per heavy atom. The van der Waals surface area contributed by atoms with Crippen LogP contribution in [0.5, 0.6) is 5.88 Å². The molecule has 3 fully saturated rings. The van der Waals surface area contributed by atoms with Gasteiger partial charge in [-0.2, -0.15) is 13.2 Å². The van der Waals surface area contributed by atoms with Crippen LogP contribution in [-0.4, -0.2) is 58.7 Å². The number of hydrogen-bond donors (Lipinski definition) is 1. The maximum Gasteiger partial charge on any atom is 0.435 e. The SMILES string of the molecule is O=C1NC(CCC(=O)N2CC3(CC(Oc4cncc(C(F)(F)F)n4)C3)C2)CO1. The third-order valence-corrected chi connectivity index (χ3v) is 5.36. The summed E-state index contributed by atoms with van der Waals surface area (Å²) in [5.74, 6) is -0.109. The molecule has 2 amide bonds. The largest absolute Gasteiger partial charge is 0.473 e. The zero-order valence-corrected chi connectivity index (χ0v) is 14.9. The van der Waals surface area contributed by atoms with Crippen LogP contribution >= 0.6 is 0 Å². The van der Waals surface area contributed by atoms with Crippen molar-refractivity contribution in [3.05, 3.63) is 18.1 Å². The van der Waals surface area contributed by atoms with Gasteiger partial charge in [0.25, 0.3) is 0 Å². The third-order valence-electron chi connectivity index (χ3n) is 5.36. The molecule has 1 atom stereocenters. The van der Waals surface area contributed by atoms with Crippen LogP contribution in [0.1, 0.15) is 31.4 Å². The van der Waals surface area contributed by atoms with Crippen LogP contribution in [-0.2, 0) is 15.7 Å². The number of alkyl halides is 3. The van der Waals surface area contributed by atoms with Crippen molar-refractivity contribution in [2.24, 2.45) is 5.41 Å². The number of aromatic nitrogens is 2. The molecule has 0 aromatic carbocycles. The summed E-state index contributed by atoms with van der Waals surface area (Å²) in [5, 5.41) is 2.64. The van der Waals surface area contributed by atoms with E-state index in [9.17, 15) is 22.8 Å². The average Bonchev–Trinajstić information content (AvgIpc) is 2.98. The molecule has 0 bridgehead atoms. The Balaban J connectivity index is 1.19. The number of amides is 2. The van der Waals surface area contributed by atoms with Crippen molar-refractivity contribution in [2.75, 3.05) is 19.7 Å². The molecule has 1 aromatic rings. The van der Waals surface area contributed by atoms with Crippen LogP contribution in [0.3, 0.4) is 0 Å².